The molecular formula is C24H39N5O2. The predicted octanol–water partition coefficient (Wildman–Crippen LogP) is 1.89. The molecule has 0 radical (unpaired) electrons. The molecule has 7 heteroatoms. The highest BCUT2D eigenvalue weighted by atomic mass is 16.5. The number of aliphatic imine (C=N–C) groups is 1. The average Bonchev–Trinajstić information content (AvgIpc) is 2.82. The topological polar surface area (TPSA) is 69.2 Å². The molecule has 1 saturated carbocycles. The summed E-state index contributed by atoms with van der Waals surface area (Å²) in [5.41, 5.74) is 1.44. The highest BCUT2D eigenvalue weighted by molar-refractivity contribution is 5.84. The molecule has 0 unspecified atom stereocenters. The van der Waals surface area contributed by atoms with Crippen LogP contribution in [0.15, 0.2) is 35.3 Å². The van der Waals surface area contributed by atoms with Gasteiger partial charge >= 0.3 is 0 Å². The molecule has 1 heterocycles. The van der Waals surface area contributed by atoms with Crippen molar-refractivity contribution in [1.82, 2.24) is 20.4 Å². The van der Waals surface area contributed by atoms with E-state index >= 15 is 0 Å². The number of benzene rings is 1. The van der Waals surface area contributed by atoms with Crippen molar-refractivity contribution >= 4 is 11.9 Å². The van der Waals surface area contributed by atoms with Gasteiger partial charge in [0.05, 0.1) is 13.2 Å². The van der Waals surface area contributed by atoms with Crippen molar-refractivity contribution in [3.05, 3.63) is 35.9 Å². The normalized spacial score (nSPS) is 19.6. The van der Waals surface area contributed by atoms with Gasteiger partial charge in [-0.1, -0.05) is 49.6 Å². The summed E-state index contributed by atoms with van der Waals surface area (Å²) in [6.45, 7) is 5.39. The summed E-state index contributed by atoms with van der Waals surface area (Å²) in [7, 11) is 3.53. The SMILES string of the molecule is CN(C)C(=O)CN=C(NCCc1ccccc1)NCC1(N2CCOCC2)CCCCC1. The number of amides is 1. The van der Waals surface area contributed by atoms with Crippen LogP contribution in [-0.4, -0.2) is 87.2 Å². The fourth-order valence-corrected chi connectivity index (χ4v) is 4.53. The Kier molecular flexibility index (Phi) is 9.15. The van der Waals surface area contributed by atoms with Crippen LogP contribution in [0.3, 0.4) is 0 Å². The van der Waals surface area contributed by atoms with Crippen LogP contribution in [0.1, 0.15) is 37.7 Å². The molecule has 1 amide bonds. The fourth-order valence-electron chi connectivity index (χ4n) is 4.53. The van der Waals surface area contributed by atoms with Crippen LogP contribution < -0.4 is 10.6 Å². The molecule has 2 N–H and O–H groups in total. The fraction of sp³-hybridized carbons (Fsp3) is 0.667. The Bertz CT molecular complexity index is 695. The molecule has 1 aliphatic carbocycles. The monoisotopic (exact) mass is 429 g/mol. The van der Waals surface area contributed by atoms with E-state index in [1.165, 1.54) is 37.7 Å². The van der Waals surface area contributed by atoms with E-state index in [-0.39, 0.29) is 18.0 Å². The van der Waals surface area contributed by atoms with Crippen molar-refractivity contribution in [3.63, 3.8) is 0 Å². The summed E-state index contributed by atoms with van der Waals surface area (Å²) >= 11 is 0. The first-order valence-corrected chi connectivity index (χ1v) is 11.7. The molecule has 31 heavy (non-hydrogen) atoms. The van der Waals surface area contributed by atoms with Gasteiger partial charge in [0.25, 0.3) is 0 Å². The number of guanidine groups is 1. The van der Waals surface area contributed by atoms with Crippen molar-refractivity contribution in [1.29, 1.82) is 0 Å². The van der Waals surface area contributed by atoms with Gasteiger partial charge < -0.3 is 20.3 Å². The number of carbonyl (C=O) groups excluding carboxylic acids is 1. The molecular weight excluding hydrogens is 390 g/mol. The van der Waals surface area contributed by atoms with Crippen LogP contribution in [0.5, 0.6) is 0 Å². The molecule has 0 atom stereocenters. The molecule has 0 bridgehead atoms. The van der Waals surface area contributed by atoms with Gasteiger partial charge in [-0.2, -0.15) is 0 Å². The summed E-state index contributed by atoms with van der Waals surface area (Å²) < 4.78 is 5.60. The lowest BCUT2D eigenvalue weighted by molar-refractivity contribution is -0.127. The first-order valence-electron chi connectivity index (χ1n) is 11.7. The third kappa shape index (κ3) is 7.21. The van der Waals surface area contributed by atoms with Gasteiger partial charge in [0.15, 0.2) is 5.96 Å². The van der Waals surface area contributed by atoms with Gasteiger partial charge in [-0.25, -0.2) is 4.99 Å². The lowest BCUT2D eigenvalue weighted by Gasteiger charge is -2.48. The number of ether oxygens (including phenoxy) is 1. The van der Waals surface area contributed by atoms with Gasteiger partial charge in [-0.15, -0.1) is 0 Å². The Labute approximate surface area is 187 Å². The van der Waals surface area contributed by atoms with Crippen LogP contribution in [-0.2, 0) is 16.0 Å². The number of rotatable bonds is 8. The van der Waals surface area contributed by atoms with Gasteiger partial charge in [0.2, 0.25) is 5.91 Å². The number of morpholine rings is 1. The summed E-state index contributed by atoms with van der Waals surface area (Å²) in [6, 6.07) is 10.4. The Morgan fingerprint density at radius 3 is 2.48 bits per heavy atom. The van der Waals surface area contributed by atoms with E-state index in [1.807, 2.05) is 6.07 Å². The smallest absolute Gasteiger partial charge is 0.243 e. The zero-order valence-corrected chi connectivity index (χ0v) is 19.2. The first-order chi connectivity index (χ1) is 15.1. The summed E-state index contributed by atoms with van der Waals surface area (Å²) in [5, 5.41) is 7.04. The molecule has 2 fully saturated rings. The van der Waals surface area contributed by atoms with E-state index < -0.39 is 0 Å². The van der Waals surface area contributed by atoms with Crippen molar-refractivity contribution in [2.45, 2.75) is 44.1 Å². The number of nitrogens with one attached hydrogen (secondary N) is 2. The minimum absolute atomic E-state index is 0.00437. The summed E-state index contributed by atoms with van der Waals surface area (Å²) in [5.74, 6) is 0.731. The van der Waals surface area contributed by atoms with E-state index in [2.05, 4.69) is 44.8 Å². The van der Waals surface area contributed by atoms with E-state index in [9.17, 15) is 4.79 Å². The summed E-state index contributed by atoms with van der Waals surface area (Å²) in [6.07, 6.45) is 7.18. The lowest BCUT2D eigenvalue weighted by atomic mass is 9.80. The highest BCUT2D eigenvalue weighted by Crippen LogP contribution is 2.33. The largest absolute Gasteiger partial charge is 0.379 e. The average molecular weight is 430 g/mol. The van der Waals surface area contributed by atoms with Gasteiger partial charge in [-0.05, 0) is 24.8 Å². The molecule has 3 rings (SSSR count). The zero-order chi connectivity index (χ0) is 21.9. The highest BCUT2D eigenvalue weighted by Gasteiger charge is 2.38. The van der Waals surface area contributed by atoms with E-state index in [0.29, 0.717) is 0 Å². The number of nitrogens with zero attached hydrogens (tertiary/aromatic N) is 3. The second-order valence-electron chi connectivity index (χ2n) is 8.85. The third-order valence-electron chi connectivity index (χ3n) is 6.47. The van der Waals surface area contributed by atoms with Crippen LogP contribution in [0.25, 0.3) is 0 Å². The number of likely N-dealkylation sites (N-methyl/N-ethyl adjacent to an activating group) is 1. The van der Waals surface area contributed by atoms with Crippen molar-refractivity contribution in [2.24, 2.45) is 4.99 Å². The molecule has 0 spiro atoms. The molecule has 0 aromatic heterocycles. The Morgan fingerprint density at radius 1 is 1.10 bits per heavy atom. The number of carbonyl (C=O) groups is 1. The molecule has 7 nitrogen and oxygen atoms in total. The molecule has 1 aliphatic heterocycles. The Hall–Kier alpha value is -2.12. The number of hydrogen-bond donors (Lipinski definition) is 2. The minimum atomic E-state index is 0.00437. The second-order valence-corrected chi connectivity index (χ2v) is 8.85. The number of hydrogen-bond acceptors (Lipinski definition) is 4. The zero-order valence-electron chi connectivity index (χ0n) is 19.2. The standard InChI is InChI=1S/C24H39N5O2/c1-28(2)22(30)19-26-23(25-14-11-21-9-5-3-6-10-21)27-20-24(12-7-4-8-13-24)29-15-17-31-18-16-29/h3,5-6,9-10H,4,7-8,11-20H2,1-2H3,(H2,25,26,27). The van der Waals surface area contributed by atoms with Crippen LogP contribution in [0.2, 0.25) is 0 Å². The van der Waals surface area contributed by atoms with E-state index in [0.717, 1.165) is 51.8 Å². The lowest BCUT2D eigenvalue weighted by Crippen LogP contribution is -2.60. The Morgan fingerprint density at radius 2 is 1.81 bits per heavy atom. The molecule has 172 valence electrons. The van der Waals surface area contributed by atoms with E-state index in [1.54, 1.807) is 19.0 Å². The molecule has 1 saturated heterocycles. The molecule has 1 aromatic carbocycles. The minimum Gasteiger partial charge on any atom is -0.379 e. The van der Waals surface area contributed by atoms with Crippen LogP contribution >= 0.6 is 0 Å². The second kappa shape index (κ2) is 12.1. The van der Waals surface area contributed by atoms with Gasteiger partial charge in [0, 0.05) is 45.8 Å². The maximum atomic E-state index is 12.1. The van der Waals surface area contributed by atoms with E-state index in [4.69, 9.17) is 4.74 Å². The Balaban J connectivity index is 1.63. The summed E-state index contributed by atoms with van der Waals surface area (Å²) in [4.78, 5) is 20.9. The molecule has 1 aromatic rings. The predicted molar refractivity (Wildman–Crippen MR) is 125 cm³/mol. The third-order valence-corrected chi connectivity index (χ3v) is 6.47. The van der Waals surface area contributed by atoms with Gasteiger partial charge in [0.1, 0.15) is 6.54 Å². The van der Waals surface area contributed by atoms with Crippen molar-refractivity contribution in [2.75, 3.05) is 60.0 Å². The quantitative estimate of drug-likeness (QED) is 0.488. The van der Waals surface area contributed by atoms with Crippen molar-refractivity contribution < 1.29 is 9.53 Å². The maximum absolute atomic E-state index is 12.1. The maximum Gasteiger partial charge on any atom is 0.243 e. The molecule has 2 aliphatic rings. The van der Waals surface area contributed by atoms with Crippen LogP contribution in [0.4, 0.5) is 0 Å². The first kappa shape index (κ1) is 23.5. The van der Waals surface area contributed by atoms with Crippen LogP contribution in [0, 0.1) is 0 Å². The van der Waals surface area contributed by atoms with Gasteiger partial charge in [-0.3, -0.25) is 9.69 Å². The van der Waals surface area contributed by atoms with Crippen molar-refractivity contribution in [3.8, 4) is 0 Å².